The quantitative estimate of drug-likeness (QED) is 0.829. The molecule has 1 amide bonds. The fourth-order valence-electron chi connectivity index (χ4n) is 4.20. The maximum Gasteiger partial charge on any atom is 0.226 e. The van der Waals surface area contributed by atoms with Crippen molar-refractivity contribution < 1.29 is 4.79 Å². The highest BCUT2D eigenvalue weighted by Crippen LogP contribution is 2.38. The van der Waals surface area contributed by atoms with Crippen LogP contribution in [0.1, 0.15) is 31.2 Å². The maximum absolute atomic E-state index is 12.8. The summed E-state index contributed by atoms with van der Waals surface area (Å²) in [5.41, 5.74) is 2.28. The van der Waals surface area contributed by atoms with Gasteiger partial charge in [-0.2, -0.15) is 0 Å². The lowest BCUT2D eigenvalue weighted by Gasteiger charge is -2.40. The van der Waals surface area contributed by atoms with Gasteiger partial charge in [-0.25, -0.2) is 0 Å². The summed E-state index contributed by atoms with van der Waals surface area (Å²) in [6.07, 6.45) is 5.56. The van der Waals surface area contributed by atoms with Gasteiger partial charge in [0.25, 0.3) is 0 Å². The first kappa shape index (κ1) is 17.7. The van der Waals surface area contributed by atoms with Crippen molar-refractivity contribution in [3.8, 4) is 10.4 Å². The van der Waals surface area contributed by atoms with Crippen LogP contribution in [-0.2, 0) is 11.2 Å². The van der Waals surface area contributed by atoms with Gasteiger partial charge in [0.1, 0.15) is 0 Å². The molecule has 0 spiro atoms. The summed E-state index contributed by atoms with van der Waals surface area (Å²) in [6, 6.07) is 13.0. The number of nitrogens with zero attached hydrogens (tertiary/aromatic N) is 1. The molecule has 4 heteroatoms. The zero-order valence-electron chi connectivity index (χ0n) is 15.5. The van der Waals surface area contributed by atoms with Crippen molar-refractivity contribution >= 4 is 17.2 Å². The molecule has 1 aromatic heterocycles. The smallest absolute Gasteiger partial charge is 0.226 e. The van der Waals surface area contributed by atoms with Crippen LogP contribution in [0.4, 0.5) is 0 Å². The van der Waals surface area contributed by atoms with Gasteiger partial charge in [0.2, 0.25) is 5.91 Å². The minimum Gasteiger partial charge on any atom is -0.359 e. The fraction of sp³-hybridized carbons (Fsp3) is 0.500. The molecule has 1 saturated heterocycles. The molecule has 3 nitrogen and oxygen atoms in total. The standard InChI is InChI=1S/C22H28N2OS/c1-23-21(25)22(10-12-24(13-11-22)16-18-4-5-18)15-17-6-8-19(9-7-17)20-3-2-14-26-20/h2-3,6-9,14,18H,4-5,10-13,15-16H2,1H3,(H,23,25). The average molecular weight is 369 g/mol. The number of benzene rings is 1. The number of piperidine rings is 1. The number of hydrogen-bond donors (Lipinski definition) is 1. The molecule has 2 heterocycles. The van der Waals surface area contributed by atoms with Crippen molar-refractivity contribution in [2.45, 2.75) is 32.1 Å². The van der Waals surface area contributed by atoms with E-state index in [2.05, 4.69) is 52.0 Å². The summed E-state index contributed by atoms with van der Waals surface area (Å²) < 4.78 is 0. The Balaban J connectivity index is 1.46. The van der Waals surface area contributed by atoms with Gasteiger partial charge in [0.05, 0.1) is 5.41 Å². The maximum atomic E-state index is 12.8. The van der Waals surface area contributed by atoms with E-state index in [4.69, 9.17) is 0 Å². The van der Waals surface area contributed by atoms with Crippen LogP contribution in [-0.4, -0.2) is 37.5 Å². The van der Waals surface area contributed by atoms with Gasteiger partial charge in [-0.05, 0) is 73.7 Å². The van der Waals surface area contributed by atoms with Crippen LogP contribution in [0.2, 0.25) is 0 Å². The molecule has 1 aromatic carbocycles. The molecule has 1 aliphatic carbocycles. The fourth-order valence-corrected chi connectivity index (χ4v) is 4.93. The molecule has 2 aromatic rings. The number of carbonyl (C=O) groups is 1. The third kappa shape index (κ3) is 3.86. The predicted molar refractivity (Wildman–Crippen MR) is 108 cm³/mol. The van der Waals surface area contributed by atoms with Gasteiger partial charge in [0, 0.05) is 18.5 Å². The normalized spacial score (nSPS) is 20.0. The van der Waals surface area contributed by atoms with Gasteiger partial charge >= 0.3 is 0 Å². The van der Waals surface area contributed by atoms with Crippen LogP contribution in [0.3, 0.4) is 0 Å². The van der Waals surface area contributed by atoms with E-state index in [0.29, 0.717) is 0 Å². The van der Waals surface area contributed by atoms with Crippen LogP contribution >= 0.6 is 11.3 Å². The molecule has 2 fully saturated rings. The Morgan fingerprint density at radius 2 is 1.92 bits per heavy atom. The first-order chi connectivity index (χ1) is 12.7. The van der Waals surface area contributed by atoms with Crippen molar-refractivity contribution in [2.24, 2.45) is 11.3 Å². The minimum atomic E-state index is -0.251. The van der Waals surface area contributed by atoms with Crippen molar-refractivity contribution in [3.63, 3.8) is 0 Å². The summed E-state index contributed by atoms with van der Waals surface area (Å²) in [4.78, 5) is 16.6. The molecule has 1 N–H and O–H groups in total. The number of hydrogen-bond acceptors (Lipinski definition) is 3. The van der Waals surface area contributed by atoms with Crippen molar-refractivity contribution in [3.05, 3.63) is 47.3 Å². The Labute approximate surface area is 160 Å². The monoisotopic (exact) mass is 368 g/mol. The van der Waals surface area contributed by atoms with Crippen molar-refractivity contribution in [1.29, 1.82) is 0 Å². The molecule has 0 atom stereocenters. The van der Waals surface area contributed by atoms with E-state index < -0.39 is 0 Å². The highest BCUT2D eigenvalue weighted by Gasteiger charge is 2.41. The lowest BCUT2D eigenvalue weighted by molar-refractivity contribution is -0.133. The van der Waals surface area contributed by atoms with E-state index in [1.165, 1.54) is 35.4 Å². The number of nitrogens with one attached hydrogen (secondary N) is 1. The Hall–Kier alpha value is -1.65. The second kappa shape index (κ2) is 7.53. The SMILES string of the molecule is CNC(=O)C1(Cc2ccc(-c3cccs3)cc2)CCN(CC2CC2)CC1. The molecule has 0 radical (unpaired) electrons. The summed E-state index contributed by atoms with van der Waals surface area (Å²) in [6.45, 7) is 3.34. The highest BCUT2D eigenvalue weighted by molar-refractivity contribution is 7.13. The molecule has 0 unspecified atom stereocenters. The molecule has 0 bridgehead atoms. The Bertz CT molecular complexity index is 726. The number of rotatable bonds is 6. The molecule has 138 valence electrons. The molecule has 1 saturated carbocycles. The Morgan fingerprint density at radius 3 is 2.50 bits per heavy atom. The number of carbonyl (C=O) groups excluding carboxylic acids is 1. The molecule has 4 rings (SSSR count). The van der Waals surface area contributed by atoms with Crippen LogP contribution in [0, 0.1) is 11.3 Å². The Morgan fingerprint density at radius 1 is 1.19 bits per heavy atom. The van der Waals surface area contributed by atoms with Gasteiger partial charge < -0.3 is 10.2 Å². The van der Waals surface area contributed by atoms with Gasteiger partial charge in [0.15, 0.2) is 0 Å². The molecule has 26 heavy (non-hydrogen) atoms. The third-order valence-electron chi connectivity index (χ3n) is 6.04. The average Bonchev–Trinajstić information content (AvgIpc) is 3.32. The predicted octanol–water partition coefficient (Wildman–Crippen LogP) is 4.20. The molecular formula is C22H28N2OS. The van der Waals surface area contributed by atoms with E-state index in [1.807, 2.05) is 0 Å². The first-order valence-electron chi connectivity index (χ1n) is 9.76. The summed E-state index contributed by atoms with van der Waals surface area (Å²) in [7, 11) is 1.78. The number of thiophene rings is 1. The largest absolute Gasteiger partial charge is 0.359 e. The zero-order valence-corrected chi connectivity index (χ0v) is 16.4. The lowest BCUT2D eigenvalue weighted by Crippen LogP contribution is -2.49. The third-order valence-corrected chi connectivity index (χ3v) is 6.96. The second-order valence-electron chi connectivity index (χ2n) is 7.95. The van der Waals surface area contributed by atoms with Crippen molar-refractivity contribution in [1.82, 2.24) is 10.2 Å². The molecule has 2 aliphatic rings. The number of amides is 1. The first-order valence-corrected chi connectivity index (χ1v) is 10.6. The molecule has 1 aliphatic heterocycles. The van der Waals surface area contributed by atoms with E-state index in [9.17, 15) is 4.79 Å². The van der Waals surface area contributed by atoms with E-state index in [-0.39, 0.29) is 11.3 Å². The minimum absolute atomic E-state index is 0.214. The summed E-state index contributed by atoms with van der Waals surface area (Å²) >= 11 is 1.77. The lowest BCUT2D eigenvalue weighted by atomic mass is 9.73. The number of likely N-dealkylation sites (tertiary alicyclic amines) is 1. The second-order valence-corrected chi connectivity index (χ2v) is 8.90. The summed E-state index contributed by atoms with van der Waals surface area (Å²) in [5.74, 6) is 1.14. The van der Waals surface area contributed by atoms with E-state index >= 15 is 0 Å². The van der Waals surface area contributed by atoms with Crippen LogP contribution in [0.15, 0.2) is 41.8 Å². The molecular weight excluding hydrogens is 340 g/mol. The van der Waals surface area contributed by atoms with E-state index in [0.717, 1.165) is 38.3 Å². The van der Waals surface area contributed by atoms with Gasteiger partial charge in [-0.1, -0.05) is 30.3 Å². The van der Waals surface area contributed by atoms with Gasteiger partial charge in [-0.15, -0.1) is 11.3 Å². The van der Waals surface area contributed by atoms with E-state index in [1.54, 1.807) is 18.4 Å². The zero-order chi connectivity index (χ0) is 18.0. The van der Waals surface area contributed by atoms with Crippen LogP contribution in [0.5, 0.6) is 0 Å². The van der Waals surface area contributed by atoms with Gasteiger partial charge in [-0.3, -0.25) is 4.79 Å². The Kier molecular flexibility index (Phi) is 5.14. The summed E-state index contributed by atoms with van der Waals surface area (Å²) in [5, 5.41) is 5.05. The van der Waals surface area contributed by atoms with Crippen LogP contribution < -0.4 is 5.32 Å². The van der Waals surface area contributed by atoms with Crippen molar-refractivity contribution in [2.75, 3.05) is 26.7 Å². The highest BCUT2D eigenvalue weighted by atomic mass is 32.1. The van der Waals surface area contributed by atoms with Crippen LogP contribution in [0.25, 0.3) is 10.4 Å². The topological polar surface area (TPSA) is 32.3 Å².